The van der Waals surface area contributed by atoms with Crippen LogP contribution >= 0.6 is 15.9 Å². The lowest BCUT2D eigenvalue weighted by atomic mass is 10.0. The van der Waals surface area contributed by atoms with Crippen molar-refractivity contribution in [2.24, 2.45) is 0 Å². The number of aliphatic carboxylic acids is 1. The van der Waals surface area contributed by atoms with E-state index in [4.69, 9.17) is 10.4 Å². The van der Waals surface area contributed by atoms with Gasteiger partial charge in [-0.1, -0.05) is 6.07 Å². The van der Waals surface area contributed by atoms with Crippen molar-refractivity contribution in [3.8, 4) is 6.07 Å². The van der Waals surface area contributed by atoms with Crippen molar-refractivity contribution in [1.29, 1.82) is 5.26 Å². The number of alkyl halides is 3. The molecule has 0 atom stereocenters. The van der Waals surface area contributed by atoms with Crippen LogP contribution in [-0.2, 0) is 17.4 Å². The standard InChI is InChI=1S/C10H5BrF3NO2/c11-9-5(3-8(16)17)1-2-7(6(9)4-15)10(12,13)14/h1-2H,3H2,(H,16,17). The van der Waals surface area contributed by atoms with Crippen LogP contribution in [0.5, 0.6) is 0 Å². The maximum Gasteiger partial charge on any atom is 0.417 e. The fourth-order valence-corrected chi connectivity index (χ4v) is 1.84. The summed E-state index contributed by atoms with van der Waals surface area (Å²) in [7, 11) is 0. The molecule has 90 valence electrons. The second-order valence-corrected chi connectivity index (χ2v) is 3.93. The minimum absolute atomic E-state index is 0.127. The first-order valence-electron chi connectivity index (χ1n) is 4.28. The van der Waals surface area contributed by atoms with E-state index in [9.17, 15) is 18.0 Å². The van der Waals surface area contributed by atoms with Gasteiger partial charge >= 0.3 is 12.1 Å². The Bertz CT molecular complexity index is 505. The third-order valence-corrected chi connectivity index (χ3v) is 2.89. The molecular formula is C10H5BrF3NO2. The zero-order valence-corrected chi connectivity index (χ0v) is 9.76. The third-order valence-electron chi connectivity index (χ3n) is 1.98. The Morgan fingerprint density at radius 1 is 1.47 bits per heavy atom. The van der Waals surface area contributed by atoms with Gasteiger partial charge in [0.15, 0.2) is 0 Å². The van der Waals surface area contributed by atoms with Gasteiger partial charge in [0.2, 0.25) is 0 Å². The zero-order chi connectivity index (χ0) is 13.2. The predicted octanol–water partition coefficient (Wildman–Crippen LogP) is 2.97. The molecule has 0 saturated carbocycles. The second kappa shape index (κ2) is 4.75. The maximum absolute atomic E-state index is 12.5. The molecule has 3 nitrogen and oxygen atoms in total. The molecule has 0 saturated heterocycles. The van der Waals surface area contributed by atoms with Crippen LogP contribution in [0, 0.1) is 11.3 Å². The Morgan fingerprint density at radius 3 is 2.47 bits per heavy atom. The lowest BCUT2D eigenvalue weighted by molar-refractivity contribution is -0.138. The van der Waals surface area contributed by atoms with Crippen LogP contribution in [-0.4, -0.2) is 11.1 Å². The average Bonchev–Trinajstić information content (AvgIpc) is 2.18. The van der Waals surface area contributed by atoms with Crippen LogP contribution < -0.4 is 0 Å². The quantitative estimate of drug-likeness (QED) is 0.913. The lowest BCUT2D eigenvalue weighted by Crippen LogP contribution is -2.10. The predicted molar refractivity (Wildman–Crippen MR) is 55.2 cm³/mol. The summed E-state index contributed by atoms with van der Waals surface area (Å²) in [5, 5.41) is 17.3. The first kappa shape index (κ1) is 13.5. The van der Waals surface area contributed by atoms with Gasteiger partial charge < -0.3 is 5.11 Å². The van der Waals surface area contributed by atoms with Gasteiger partial charge in [-0.15, -0.1) is 0 Å². The smallest absolute Gasteiger partial charge is 0.417 e. The van der Waals surface area contributed by atoms with Gasteiger partial charge in [-0.25, -0.2) is 0 Å². The topological polar surface area (TPSA) is 61.1 Å². The first-order valence-corrected chi connectivity index (χ1v) is 5.07. The summed E-state index contributed by atoms with van der Waals surface area (Å²) in [5.41, 5.74) is -1.56. The molecule has 0 fully saturated rings. The zero-order valence-electron chi connectivity index (χ0n) is 8.18. The highest BCUT2D eigenvalue weighted by Gasteiger charge is 2.35. The van der Waals surface area contributed by atoms with Crippen molar-refractivity contribution in [1.82, 2.24) is 0 Å². The first-order chi connectivity index (χ1) is 7.77. The number of nitrogens with zero attached hydrogens (tertiary/aromatic N) is 1. The summed E-state index contributed by atoms with van der Waals surface area (Å²) in [6, 6.07) is 3.18. The Morgan fingerprint density at radius 2 is 2.06 bits per heavy atom. The van der Waals surface area contributed by atoms with Gasteiger partial charge in [0.25, 0.3) is 0 Å². The van der Waals surface area contributed by atoms with E-state index in [2.05, 4.69) is 15.9 Å². The third kappa shape index (κ3) is 2.97. The minimum Gasteiger partial charge on any atom is -0.481 e. The molecule has 17 heavy (non-hydrogen) atoms. The molecule has 1 N–H and O–H groups in total. The number of benzene rings is 1. The van der Waals surface area contributed by atoms with Crippen LogP contribution in [0.25, 0.3) is 0 Å². The van der Waals surface area contributed by atoms with Crippen molar-refractivity contribution in [2.75, 3.05) is 0 Å². The fourth-order valence-electron chi connectivity index (χ4n) is 1.26. The van der Waals surface area contributed by atoms with E-state index in [-0.39, 0.29) is 10.0 Å². The van der Waals surface area contributed by atoms with Crippen LogP contribution in [0.3, 0.4) is 0 Å². The van der Waals surface area contributed by atoms with E-state index in [0.29, 0.717) is 6.07 Å². The van der Waals surface area contributed by atoms with E-state index in [1.54, 1.807) is 0 Å². The molecule has 1 aromatic carbocycles. The Balaban J connectivity index is 3.39. The molecule has 0 aliphatic heterocycles. The fraction of sp³-hybridized carbons (Fsp3) is 0.200. The number of hydrogen-bond acceptors (Lipinski definition) is 2. The highest BCUT2D eigenvalue weighted by Crippen LogP contribution is 2.36. The molecule has 0 spiro atoms. The molecular weight excluding hydrogens is 303 g/mol. The van der Waals surface area contributed by atoms with E-state index >= 15 is 0 Å². The number of halogens is 4. The van der Waals surface area contributed by atoms with E-state index in [1.807, 2.05) is 0 Å². The van der Waals surface area contributed by atoms with Gasteiger partial charge in [-0.05, 0) is 27.6 Å². The number of rotatable bonds is 2. The van der Waals surface area contributed by atoms with Crippen LogP contribution in [0.2, 0.25) is 0 Å². The summed E-state index contributed by atoms with van der Waals surface area (Å²) < 4.78 is 37.4. The minimum atomic E-state index is -4.64. The highest BCUT2D eigenvalue weighted by atomic mass is 79.9. The van der Waals surface area contributed by atoms with Crippen molar-refractivity contribution < 1.29 is 23.1 Å². The summed E-state index contributed by atoms with van der Waals surface area (Å²) in [6.45, 7) is 0. The van der Waals surface area contributed by atoms with E-state index < -0.39 is 29.7 Å². The number of carbonyl (C=O) groups is 1. The molecule has 1 rings (SSSR count). The second-order valence-electron chi connectivity index (χ2n) is 3.14. The van der Waals surface area contributed by atoms with Gasteiger partial charge in [0.05, 0.1) is 17.5 Å². The van der Waals surface area contributed by atoms with Crippen LogP contribution in [0.1, 0.15) is 16.7 Å². The molecule has 7 heteroatoms. The SMILES string of the molecule is N#Cc1c(C(F)(F)F)ccc(CC(=O)O)c1Br. The molecule has 0 aliphatic rings. The molecule has 0 bridgehead atoms. The lowest BCUT2D eigenvalue weighted by Gasteiger charge is -2.12. The largest absolute Gasteiger partial charge is 0.481 e. The normalized spacial score (nSPS) is 11.0. The van der Waals surface area contributed by atoms with E-state index in [1.165, 1.54) is 6.07 Å². The summed E-state index contributed by atoms with van der Waals surface area (Å²) >= 11 is 2.83. The van der Waals surface area contributed by atoms with Gasteiger partial charge in [-0.3, -0.25) is 4.79 Å². The maximum atomic E-state index is 12.5. The summed E-state index contributed by atoms with van der Waals surface area (Å²) in [5.74, 6) is -1.19. The van der Waals surface area contributed by atoms with E-state index in [0.717, 1.165) is 6.07 Å². The number of carboxylic acids is 1. The van der Waals surface area contributed by atoms with Gasteiger partial charge in [0, 0.05) is 4.47 Å². The van der Waals surface area contributed by atoms with Crippen molar-refractivity contribution in [2.45, 2.75) is 12.6 Å². The molecule has 0 radical (unpaired) electrons. The molecule has 0 aromatic heterocycles. The molecule has 0 heterocycles. The van der Waals surface area contributed by atoms with Crippen LogP contribution in [0.4, 0.5) is 13.2 Å². The van der Waals surface area contributed by atoms with Crippen molar-refractivity contribution in [3.05, 3.63) is 33.3 Å². The molecule has 0 aliphatic carbocycles. The van der Waals surface area contributed by atoms with Gasteiger partial charge in [0.1, 0.15) is 6.07 Å². The van der Waals surface area contributed by atoms with Gasteiger partial charge in [-0.2, -0.15) is 18.4 Å². The molecule has 1 aromatic rings. The number of carboxylic acid groups (broad SMARTS) is 1. The Labute approximate surface area is 103 Å². The monoisotopic (exact) mass is 307 g/mol. The number of hydrogen-bond donors (Lipinski definition) is 1. The summed E-state index contributed by atoms with van der Waals surface area (Å²) in [4.78, 5) is 10.5. The van der Waals surface area contributed by atoms with Crippen molar-refractivity contribution in [3.63, 3.8) is 0 Å². The summed E-state index contributed by atoms with van der Waals surface area (Å²) in [6.07, 6.45) is -5.09. The highest BCUT2D eigenvalue weighted by molar-refractivity contribution is 9.10. The Kier molecular flexibility index (Phi) is 3.78. The molecule has 0 amide bonds. The Hall–Kier alpha value is -1.55. The van der Waals surface area contributed by atoms with Crippen LogP contribution in [0.15, 0.2) is 16.6 Å². The van der Waals surface area contributed by atoms with Crippen molar-refractivity contribution >= 4 is 21.9 Å². The average molecular weight is 308 g/mol. The molecule has 0 unspecified atom stereocenters. The number of nitriles is 1.